The number of nitrogens with two attached hydrogens (primary N) is 1. The van der Waals surface area contributed by atoms with Gasteiger partial charge >= 0.3 is 6.09 Å². The fourth-order valence-electron chi connectivity index (χ4n) is 2.30. The lowest BCUT2D eigenvalue weighted by Crippen LogP contribution is -2.33. The van der Waals surface area contributed by atoms with Gasteiger partial charge in [-0.1, -0.05) is 42.5 Å². The minimum absolute atomic E-state index is 0.248. The number of carbonyl (C=O) groups is 1. The Bertz CT molecular complexity index is 635. The molecule has 0 aliphatic heterocycles. The van der Waals surface area contributed by atoms with Crippen LogP contribution < -0.4 is 5.73 Å². The summed E-state index contributed by atoms with van der Waals surface area (Å²) >= 11 is 0. The molecule has 110 valence electrons. The SMILES string of the molecule is CC(C)(Cc1ccc(-c2ccccc2F)cc1)OC(N)=O. The smallest absolute Gasteiger partial charge is 0.405 e. The van der Waals surface area contributed by atoms with Crippen molar-refractivity contribution in [2.45, 2.75) is 25.9 Å². The van der Waals surface area contributed by atoms with Crippen LogP contribution in [0.1, 0.15) is 19.4 Å². The predicted molar refractivity (Wildman–Crippen MR) is 80.3 cm³/mol. The average Bonchev–Trinajstić information content (AvgIpc) is 2.38. The predicted octanol–water partition coefficient (Wildman–Crippen LogP) is 3.91. The van der Waals surface area contributed by atoms with E-state index in [2.05, 4.69) is 0 Å². The Morgan fingerprint density at radius 3 is 2.33 bits per heavy atom. The zero-order valence-electron chi connectivity index (χ0n) is 12.1. The van der Waals surface area contributed by atoms with E-state index in [0.29, 0.717) is 12.0 Å². The molecule has 0 radical (unpaired) electrons. The molecule has 4 heteroatoms. The van der Waals surface area contributed by atoms with Crippen molar-refractivity contribution in [2.75, 3.05) is 0 Å². The molecule has 2 rings (SSSR count). The highest BCUT2D eigenvalue weighted by atomic mass is 19.1. The van der Waals surface area contributed by atoms with Crippen LogP contribution in [0.15, 0.2) is 48.5 Å². The summed E-state index contributed by atoms with van der Waals surface area (Å²) in [5.74, 6) is -0.248. The van der Waals surface area contributed by atoms with E-state index in [9.17, 15) is 9.18 Å². The van der Waals surface area contributed by atoms with Crippen molar-refractivity contribution in [1.82, 2.24) is 0 Å². The zero-order chi connectivity index (χ0) is 15.5. The first-order chi connectivity index (χ1) is 9.87. The molecule has 0 unspecified atom stereocenters. The van der Waals surface area contributed by atoms with E-state index in [1.807, 2.05) is 24.3 Å². The largest absolute Gasteiger partial charge is 0.443 e. The molecule has 0 spiro atoms. The van der Waals surface area contributed by atoms with Gasteiger partial charge in [-0.05, 0) is 31.0 Å². The van der Waals surface area contributed by atoms with Crippen molar-refractivity contribution >= 4 is 6.09 Å². The van der Waals surface area contributed by atoms with Crippen LogP contribution in [0.25, 0.3) is 11.1 Å². The van der Waals surface area contributed by atoms with Crippen molar-refractivity contribution < 1.29 is 13.9 Å². The van der Waals surface area contributed by atoms with Crippen LogP contribution in [0, 0.1) is 5.82 Å². The van der Waals surface area contributed by atoms with E-state index in [1.165, 1.54) is 6.07 Å². The van der Waals surface area contributed by atoms with Crippen molar-refractivity contribution in [3.05, 3.63) is 59.9 Å². The highest BCUT2D eigenvalue weighted by molar-refractivity contribution is 5.65. The van der Waals surface area contributed by atoms with Gasteiger partial charge < -0.3 is 10.5 Å². The molecule has 0 saturated heterocycles. The van der Waals surface area contributed by atoms with Gasteiger partial charge in [-0.3, -0.25) is 0 Å². The van der Waals surface area contributed by atoms with Crippen molar-refractivity contribution in [1.29, 1.82) is 0 Å². The molecule has 3 nitrogen and oxygen atoms in total. The van der Waals surface area contributed by atoms with Gasteiger partial charge in [-0.2, -0.15) is 0 Å². The third kappa shape index (κ3) is 4.05. The van der Waals surface area contributed by atoms with Crippen LogP contribution in [0.2, 0.25) is 0 Å². The van der Waals surface area contributed by atoms with E-state index in [4.69, 9.17) is 10.5 Å². The van der Waals surface area contributed by atoms with Gasteiger partial charge in [0, 0.05) is 12.0 Å². The van der Waals surface area contributed by atoms with E-state index >= 15 is 0 Å². The maximum Gasteiger partial charge on any atom is 0.405 e. The summed E-state index contributed by atoms with van der Waals surface area (Å²) < 4.78 is 18.8. The number of rotatable bonds is 4. The molecule has 0 bridgehead atoms. The van der Waals surface area contributed by atoms with Crippen LogP contribution in [-0.2, 0) is 11.2 Å². The average molecular weight is 287 g/mol. The molecule has 2 aromatic carbocycles. The van der Waals surface area contributed by atoms with Crippen molar-refractivity contribution in [3.63, 3.8) is 0 Å². The Hall–Kier alpha value is -2.36. The van der Waals surface area contributed by atoms with Crippen LogP contribution in [0.4, 0.5) is 9.18 Å². The molecule has 0 aromatic heterocycles. The lowest BCUT2D eigenvalue weighted by atomic mass is 9.96. The van der Waals surface area contributed by atoms with Crippen LogP contribution >= 0.6 is 0 Å². The van der Waals surface area contributed by atoms with Crippen molar-refractivity contribution in [3.8, 4) is 11.1 Å². The second kappa shape index (κ2) is 5.95. The van der Waals surface area contributed by atoms with Crippen LogP contribution in [-0.4, -0.2) is 11.7 Å². The molecule has 0 heterocycles. The molecular weight excluding hydrogens is 269 g/mol. The highest BCUT2D eigenvalue weighted by Crippen LogP contribution is 2.24. The number of hydrogen-bond acceptors (Lipinski definition) is 2. The maximum atomic E-state index is 13.7. The lowest BCUT2D eigenvalue weighted by molar-refractivity contribution is 0.0460. The third-order valence-electron chi connectivity index (χ3n) is 3.15. The molecule has 0 atom stereocenters. The fraction of sp³-hybridized carbons (Fsp3) is 0.235. The summed E-state index contributed by atoms with van der Waals surface area (Å²) in [4.78, 5) is 10.8. The number of carbonyl (C=O) groups excluding carboxylic acids is 1. The van der Waals surface area contributed by atoms with Gasteiger partial charge in [-0.25, -0.2) is 9.18 Å². The number of amides is 1. The summed E-state index contributed by atoms with van der Waals surface area (Å²) in [6, 6.07) is 14.1. The summed E-state index contributed by atoms with van der Waals surface area (Å²) in [6.45, 7) is 3.59. The van der Waals surface area contributed by atoms with Gasteiger partial charge in [0.15, 0.2) is 0 Å². The molecule has 0 aliphatic rings. The Morgan fingerprint density at radius 1 is 1.14 bits per heavy atom. The monoisotopic (exact) mass is 287 g/mol. The molecule has 2 N–H and O–H groups in total. The topological polar surface area (TPSA) is 52.3 Å². The fourth-order valence-corrected chi connectivity index (χ4v) is 2.30. The molecule has 21 heavy (non-hydrogen) atoms. The Balaban J connectivity index is 2.16. The minimum atomic E-state index is -0.789. The maximum absolute atomic E-state index is 13.7. The Morgan fingerprint density at radius 2 is 1.76 bits per heavy atom. The zero-order valence-corrected chi connectivity index (χ0v) is 12.1. The van der Waals surface area contributed by atoms with E-state index in [0.717, 1.165) is 11.1 Å². The summed E-state index contributed by atoms with van der Waals surface area (Å²) in [5.41, 5.74) is 6.74. The standard InChI is InChI=1S/C17H18FNO2/c1-17(2,21-16(19)20)11-12-7-9-13(10-8-12)14-5-3-4-6-15(14)18/h3-10H,11H2,1-2H3,(H2,19,20). The first kappa shape index (κ1) is 15.0. The molecule has 0 aliphatic carbocycles. The first-order valence-corrected chi connectivity index (χ1v) is 6.70. The highest BCUT2D eigenvalue weighted by Gasteiger charge is 2.22. The second-order valence-corrected chi connectivity index (χ2v) is 5.53. The van der Waals surface area contributed by atoms with Gasteiger partial charge in [0.05, 0.1) is 0 Å². The lowest BCUT2D eigenvalue weighted by Gasteiger charge is -2.24. The quantitative estimate of drug-likeness (QED) is 0.927. The number of halogens is 1. The second-order valence-electron chi connectivity index (χ2n) is 5.53. The summed E-state index contributed by atoms with van der Waals surface area (Å²) in [7, 11) is 0. The van der Waals surface area contributed by atoms with Gasteiger partial charge in [0.25, 0.3) is 0 Å². The van der Waals surface area contributed by atoms with E-state index < -0.39 is 11.7 Å². The first-order valence-electron chi connectivity index (χ1n) is 6.70. The van der Waals surface area contributed by atoms with Crippen LogP contribution in [0.5, 0.6) is 0 Å². The Kier molecular flexibility index (Phi) is 4.26. The number of benzene rings is 2. The van der Waals surface area contributed by atoms with E-state index in [1.54, 1.807) is 32.0 Å². The van der Waals surface area contributed by atoms with Crippen LogP contribution in [0.3, 0.4) is 0 Å². The summed E-state index contributed by atoms with van der Waals surface area (Å²) in [6.07, 6.45) is -0.254. The van der Waals surface area contributed by atoms with Crippen molar-refractivity contribution in [2.24, 2.45) is 5.73 Å². The van der Waals surface area contributed by atoms with Gasteiger partial charge in [0.1, 0.15) is 11.4 Å². The normalized spacial score (nSPS) is 11.2. The minimum Gasteiger partial charge on any atom is -0.443 e. The molecule has 2 aromatic rings. The number of ether oxygens (including phenoxy) is 1. The molecular formula is C17H18FNO2. The van der Waals surface area contributed by atoms with Gasteiger partial charge in [0.2, 0.25) is 0 Å². The molecule has 0 fully saturated rings. The number of primary amides is 1. The molecule has 1 amide bonds. The Labute approximate surface area is 123 Å². The van der Waals surface area contributed by atoms with Gasteiger partial charge in [-0.15, -0.1) is 0 Å². The third-order valence-corrected chi connectivity index (χ3v) is 3.15. The van der Waals surface area contributed by atoms with E-state index in [-0.39, 0.29) is 5.82 Å². The number of hydrogen-bond donors (Lipinski definition) is 1. The summed E-state index contributed by atoms with van der Waals surface area (Å²) in [5, 5.41) is 0. The molecule has 0 saturated carbocycles.